The van der Waals surface area contributed by atoms with Gasteiger partial charge in [0.2, 0.25) is 0 Å². The van der Waals surface area contributed by atoms with Gasteiger partial charge in [-0.15, -0.1) is 0 Å². The Labute approximate surface area is 172 Å². The van der Waals surface area contributed by atoms with E-state index in [0.717, 1.165) is 13.2 Å². The lowest BCUT2D eigenvalue weighted by atomic mass is 9.89. The molecule has 0 bridgehead atoms. The fraction of sp³-hybridized carbons (Fsp3) is 0.520. The highest BCUT2D eigenvalue weighted by molar-refractivity contribution is 6.74. The third-order valence-electron chi connectivity index (χ3n) is 6.82. The molecule has 3 atom stereocenters. The Morgan fingerprint density at radius 3 is 2.14 bits per heavy atom. The van der Waals surface area contributed by atoms with Gasteiger partial charge in [-0.25, -0.2) is 0 Å². The highest BCUT2D eigenvalue weighted by atomic mass is 28.4. The zero-order valence-electron chi connectivity index (χ0n) is 18.2. The van der Waals surface area contributed by atoms with Gasteiger partial charge < -0.3 is 9.74 Å². The van der Waals surface area contributed by atoms with Gasteiger partial charge in [0.05, 0.1) is 0 Å². The van der Waals surface area contributed by atoms with Gasteiger partial charge in [0, 0.05) is 19.2 Å². The molecule has 0 radical (unpaired) electrons. The maximum absolute atomic E-state index is 6.65. The van der Waals surface area contributed by atoms with Crippen LogP contribution in [0.1, 0.15) is 50.7 Å². The molecule has 1 aliphatic rings. The average molecular weight is 396 g/mol. The normalized spacial score (nSPS) is 23.1. The van der Waals surface area contributed by atoms with E-state index < -0.39 is 8.32 Å². The van der Waals surface area contributed by atoms with Gasteiger partial charge in [-0.3, -0.25) is 0 Å². The fourth-order valence-corrected chi connectivity index (χ4v) is 5.04. The highest BCUT2D eigenvalue weighted by Crippen LogP contribution is 2.42. The van der Waals surface area contributed by atoms with Crippen LogP contribution in [0.5, 0.6) is 0 Å². The van der Waals surface area contributed by atoms with Crippen LogP contribution in [0.15, 0.2) is 60.7 Å². The zero-order valence-corrected chi connectivity index (χ0v) is 19.2. The van der Waals surface area contributed by atoms with E-state index in [1.165, 1.54) is 24.0 Å². The molecular weight excluding hydrogens is 358 g/mol. The number of benzene rings is 2. The van der Waals surface area contributed by atoms with Crippen molar-refractivity contribution in [1.82, 2.24) is 5.32 Å². The molecule has 2 nitrogen and oxygen atoms in total. The Morgan fingerprint density at radius 2 is 1.54 bits per heavy atom. The topological polar surface area (TPSA) is 21.3 Å². The third kappa shape index (κ3) is 5.34. The van der Waals surface area contributed by atoms with Crippen molar-refractivity contribution in [3.63, 3.8) is 0 Å². The second kappa shape index (κ2) is 8.94. The molecule has 0 aliphatic heterocycles. The molecule has 2 aromatic rings. The Bertz CT molecular complexity index is 723. The Morgan fingerprint density at radius 1 is 0.929 bits per heavy atom. The maximum atomic E-state index is 6.65. The molecule has 152 valence electrons. The molecule has 1 aliphatic carbocycles. The van der Waals surface area contributed by atoms with Gasteiger partial charge >= 0.3 is 0 Å². The van der Waals surface area contributed by atoms with Crippen molar-refractivity contribution in [2.45, 2.75) is 70.2 Å². The predicted molar refractivity (Wildman–Crippen MR) is 122 cm³/mol. The second-order valence-corrected chi connectivity index (χ2v) is 14.7. The molecule has 0 amide bonds. The summed E-state index contributed by atoms with van der Waals surface area (Å²) in [6.07, 6.45) is 2.39. The molecule has 3 unspecified atom stereocenters. The standard InChI is InChI=1S/C25H37NOSi/c1-25(2,3)28(4,5)27-19-22-16-23(26-18-20-12-8-6-9-13-20)17-24(22)21-14-10-7-11-15-21/h6-15,22-24,26H,16-19H2,1-5H3. The first-order valence-corrected chi connectivity index (χ1v) is 13.6. The van der Waals surface area contributed by atoms with Crippen LogP contribution in [0, 0.1) is 5.92 Å². The van der Waals surface area contributed by atoms with E-state index in [0.29, 0.717) is 17.9 Å². The van der Waals surface area contributed by atoms with E-state index in [2.05, 4.69) is 99.8 Å². The average Bonchev–Trinajstić information content (AvgIpc) is 3.09. The molecule has 0 spiro atoms. The maximum Gasteiger partial charge on any atom is 0.191 e. The molecule has 0 aromatic heterocycles. The van der Waals surface area contributed by atoms with E-state index in [1.54, 1.807) is 0 Å². The molecule has 1 N–H and O–H groups in total. The van der Waals surface area contributed by atoms with Crippen LogP contribution in [-0.2, 0) is 11.0 Å². The summed E-state index contributed by atoms with van der Waals surface area (Å²) in [5.41, 5.74) is 2.83. The van der Waals surface area contributed by atoms with E-state index in [4.69, 9.17) is 4.43 Å². The van der Waals surface area contributed by atoms with E-state index in [-0.39, 0.29) is 5.04 Å². The minimum atomic E-state index is -1.72. The number of nitrogens with one attached hydrogen (secondary N) is 1. The number of hydrogen-bond acceptors (Lipinski definition) is 2. The first kappa shape index (κ1) is 21.3. The highest BCUT2D eigenvalue weighted by Gasteiger charge is 2.40. The molecule has 0 heterocycles. The molecule has 1 saturated carbocycles. The first-order valence-electron chi connectivity index (χ1n) is 10.7. The number of hydrogen-bond donors (Lipinski definition) is 1. The summed E-state index contributed by atoms with van der Waals surface area (Å²) in [6, 6.07) is 22.3. The summed E-state index contributed by atoms with van der Waals surface area (Å²) in [5, 5.41) is 4.07. The van der Waals surface area contributed by atoms with Gasteiger partial charge in [0.15, 0.2) is 8.32 Å². The zero-order chi connectivity index (χ0) is 20.2. The lowest BCUT2D eigenvalue weighted by molar-refractivity contribution is 0.217. The van der Waals surface area contributed by atoms with Gasteiger partial charge in [-0.1, -0.05) is 81.4 Å². The molecular formula is C25H37NOSi. The molecule has 28 heavy (non-hydrogen) atoms. The monoisotopic (exact) mass is 395 g/mol. The summed E-state index contributed by atoms with van der Waals surface area (Å²) < 4.78 is 6.65. The summed E-state index contributed by atoms with van der Waals surface area (Å²) in [6.45, 7) is 13.5. The summed E-state index contributed by atoms with van der Waals surface area (Å²) in [5.74, 6) is 1.17. The smallest absolute Gasteiger partial charge is 0.191 e. The van der Waals surface area contributed by atoms with Gasteiger partial charge in [-0.2, -0.15) is 0 Å². The van der Waals surface area contributed by atoms with Gasteiger partial charge in [0.1, 0.15) is 0 Å². The molecule has 3 heteroatoms. The van der Waals surface area contributed by atoms with Gasteiger partial charge in [-0.05, 0) is 53.9 Å². The fourth-order valence-electron chi connectivity index (χ4n) is 3.97. The summed E-state index contributed by atoms with van der Waals surface area (Å²) >= 11 is 0. The van der Waals surface area contributed by atoms with E-state index in [1.807, 2.05) is 0 Å². The Kier molecular flexibility index (Phi) is 6.80. The van der Waals surface area contributed by atoms with Crippen LogP contribution in [0.4, 0.5) is 0 Å². The van der Waals surface area contributed by atoms with Crippen LogP contribution < -0.4 is 5.32 Å². The minimum absolute atomic E-state index is 0.263. The van der Waals surface area contributed by atoms with Crippen LogP contribution in [0.3, 0.4) is 0 Å². The van der Waals surface area contributed by atoms with Crippen LogP contribution in [0.25, 0.3) is 0 Å². The lowest BCUT2D eigenvalue weighted by Crippen LogP contribution is -2.42. The summed E-state index contributed by atoms with van der Waals surface area (Å²) in [4.78, 5) is 0. The largest absolute Gasteiger partial charge is 0.417 e. The quantitative estimate of drug-likeness (QED) is 0.551. The third-order valence-corrected chi connectivity index (χ3v) is 11.3. The lowest BCUT2D eigenvalue weighted by Gasteiger charge is -2.37. The predicted octanol–water partition coefficient (Wildman–Crippen LogP) is 6.36. The van der Waals surface area contributed by atoms with E-state index in [9.17, 15) is 0 Å². The van der Waals surface area contributed by atoms with E-state index >= 15 is 0 Å². The Hall–Kier alpha value is -1.42. The van der Waals surface area contributed by atoms with Crippen molar-refractivity contribution < 1.29 is 4.43 Å². The van der Waals surface area contributed by atoms with Crippen molar-refractivity contribution in [2.24, 2.45) is 5.92 Å². The van der Waals surface area contributed by atoms with Crippen molar-refractivity contribution >= 4 is 8.32 Å². The van der Waals surface area contributed by atoms with Crippen molar-refractivity contribution in [2.75, 3.05) is 6.61 Å². The molecule has 3 rings (SSSR count). The van der Waals surface area contributed by atoms with Gasteiger partial charge in [0.25, 0.3) is 0 Å². The van der Waals surface area contributed by atoms with Crippen molar-refractivity contribution in [3.05, 3.63) is 71.8 Å². The van der Waals surface area contributed by atoms with Crippen LogP contribution in [0.2, 0.25) is 18.1 Å². The van der Waals surface area contributed by atoms with Crippen molar-refractivity contribution in [1.29, 1.82) is 0 Å². The van der Waals surface area contributed by atoms with Crippen LogP contribution in [-0.4, -0.2) is 21.0 Å². The molecule has 0 saturated heterocycles. The molecule has 2 aromatic carbocycles. The Balaban J connectivity index is 1.67. The minimum Gasteiger partial charge on any atom is -0.417 e. The van der Waals surface area contributed by atoms with Crippen molar-refractivity contribution in [3.8, 4) is 0 Å². The SMILES string of the molecule is CC(C)(C)[Si](C)(C)OCC1CC(NCc2ccccc2)CC1c1ccccc1. The second-order valence-electron chi connectivity index (χ2n) is 9.88. The molecule has 1 fully saturated rings. The summed E-state index contributed by atoms with van der Waals surface area (Å²) in [7, 11) is -1.72. The van der Waals surface area contributed by atoms with Crippen LogP contribution >= 0.6 is 0 Å². The first-order chi connectivity index (χ1) is 13.3. The number of rotatable bonds is 7.